The highest BCUT2D eigenvalue weighted by Crippen LogP contribution is 2.15. The lowest BCUT2D eigenvalue weighted by Crippen LogP contribution is -2.45. The fraction of sp³-hybridized carbons (Fsp3) is 0.923. The minimum Gasteiger partial charge on any atom is -0.396 e. The van der Waals surface area contributed by atoms with Gasteiger partial charge in [0, 0.05) is 26.2 Å². The Hall–Kier alpha value is -0.770. The summed E-state index contributed by atoms with van der Waals surface area (Å²) in [5, 5.41) is 11.6. The van der Waals surface area contributed by atoms with E-state index < -0.39 is 0 Å². The van der Waals surface area contributed by atoms with Crippen molar-refractivity contribution in [3.05, 3.63) is 0 Å². The zero-order chi connectivity index (χ0) is 12.5. The zero-order valence-corrected chi connectivity index (χ0v) is 11.0. The Kier molecular flexibility index (Phi) is 7.01. The number of rotatable bonds is 6. The van der Waals surface area contributed by atoms with E-state index in [0.29, 0.717) is 5.92 Å². The van der Waals surface area contributed by atoms with Crippen molar-refractivity contribution in [1.82, 2.24) is 10.2 Å². The first-order valence-electron chi connectivity index (χ1n) is 6.87. The van der Waals surface area contributed by atoms with Crippen molar-refractivity contribution in [2.45, 2.75) is 45.4 Å². The number of aliphatic hydroxyl groups is 1. The molecule has 1 atom stereocenters. The van der Waals surface area contributed by atoms with Crippen molar-refractivity contribution >= 4 is 6.03 Å². The van der Waals surface area contributed by atoms with Crippen molar-refractivity contribution in [2.24, 2.45) is 5.92 Å². The molecule has 0 spiro atoms. The molecule has 0 aromatic carbocycles. The van der Waals surface area contributed by atoms with Crippen LogP contribution >= 0.6 is 0 Å². The van der Waals surface area contributed by atoms with Gasteiger partial charge in [0.1, 0.15) is 0 Å². The number of nitrogens with one attached hydrogen (secondary N) is 1. The van der Waals surface area contributed by atoms with Crippen molar-refractivity contribution in [2.75, 3.05) is 26.2 Å². The molecule has 1 heterocycles. The number of likely N-dealkylation sites (tertiary alicyclic amines) is 1. The molecular formula is C13H26N2O2. The van der Waals surface area contributed by atoms with Crippen LogP contribution in [0.4, 0.5) is 4.79 Å². The minimum atomic E-state index is 0.0960. The molecule has 0 bridgehead atoms. The number of aliphatic hydroxyl groups excluding tert-OH is 1. The third kappa shape index (κ3) is 5.91. The van der Waals surface area contributed by atoms with Gasteiger partial charge in [0.05, 0.1) is 0 Å². The van der Waals surface area contributed by atoms with Crippen LogP contribution in [0.1, 0.15) is 45.4 Å². The van der Waals surface area contributed by atoms with Gasteiger partial charge in [-0.05, 0) is 31.6 Å². The predicted molar refractivity (Wildman–Crippen MR) is 68.9 cm³/mol. The number of hydrogen-bond acceptors (Lipinski definition) is 2. The fourth-order valence-corrected chi connectivity index (χ4v) is 2.27. The SMILES string of the molecule is CC1CCCN(C(=O)NCCCCCCO)C1. The van der Waals surface area contributed by atoms with E-state index in [4.69, 9.17) is 5.11 Å². The Balaban J connectivity index is 2.04. The maximum Gasteiger partial charge on any atom is 0.317 e. The third-order valence-electron chi connectivity index (χ3n) is 3.31. The molecule has 1 aliphatic rings. The molecule has 4 heteroatoms. The molecule has 0 radical (unpaired) electrons. The van der Waals surface area contributed by atoms with Gasteiger partial charge in [0.25, 0.3) is 0 Å². The molecule has 100 valence electrons. The van der Waals surface area contributed by atoms with E-state index in [1.807, 2.05) is 4.90 Å². The van der Waals surface area contributed by atoms with Crippen LogP contribution in [0.5, 0.6) is 0 Å². The number of carbonyl (C=O) groups excluding carboxylic acids is 1. The normalized spacial score (nSPS) is 20.4. The zero-order valence-electron chi connectivity index (χ0n) is 11.0. The summed E-state index contributed by atoms with van der Waals surface area (Å²) in [7, 11) is 0. The van der Waals surface area contributed by atoms with Gasteiger partial charge in [-0.1, -0.05) is 19.8 Å². The molecule has 0 saturated carbocycles. The van der Waals surface area contributed by atoms with E-state index in [0.717, 1.165) is 51.7 Å². The number of urea groups is 1. The van der Waals surface area contributed by atoms with E-state index in [9.17, 15) is 4.79 Å². The van der Waals surface area contributed by atoms with Crippen molar-refractivity contribution in [3.63, 3.8) is 0 Å². The molecule has 1 saturated heterocycles. The molecule has 0 aliphatic carbocycles. The topological polar surface area (TPSA) is 52.6 Å². The average molecular weight is 242 g/mol. The standard InChI is InChI=1S/C13H26N2O2/c1-12-7-6-9-15(11-12)13(17)14-8-4-2-3-5-10-16/h12,16H,2-11H2,1H3,(H,14,17). The van der Waals surface area contributed by atoms with E-state index >= 15 is 0 Å². The highest BCUT2D eigenvalue weighted by molar-refractivity contribution is 5.74. The molecule has 1 fully saturated rings. The largest absolute Gasteiger partial charge is 0.396 e. The Labute approximate surface area is 104 Å². The third-order valence-corrected chi connectivity index (χ3v) is 3.31. The van der Waals surface area contributed by atoms with Crippen LogP contribution in [0.25, 0.3) is 0 Å². The summed E-state index contributed by atoms with van der Waals surface area (Å²) in [6.45, 7) is 5.04. The summed E-state index contributed by atoms with van der Waals surface area (Å²) >= 11 is 0. The smallest absolute Gasteiger partial charge is 0.317 e. The number of nitrogens with zero attached hydrogens (tertiary/aromatic N) is 1. The van der Waals surface area contributed by atoms with Gasteiger partial charge in [0.2, 0.25) is 0 Å². The number of piperidine rings is 1. The molecule has 2 amide bonds. The molecule has 1 unspecified atom stereocenters. The number of carbonyl (C=O) groups is 1. The van der Waals surface area contributed by atoms with Crippen LogP contribution in [-0.4, -0.2) is 42.3 Å². The van der Waals surface area contributed by atoms with E-state index in [2.05, 4.69) is 12.2 Å². The maximum atomic E-state index is 11.8. The maximum absolute atomic E-state index is 11.8. The second-order valence-electron chi connectivity index (χ2n) is 5.06. The highest BCUT2D eigenvalue weighted by atomic mass is 16.2. The second kappa shape index (κ2) is 8.34. The van der Waals surface area contributed by atoms with Crippen LogP contribution in [-0.2, 0) is 0 Å². The molecular weight excluding hydrogens is 216 g/mol. The summed E-state index contributed by atoms with van der Waals surface area (Å²) in [5.41, 5.74) is 0. The van der Waals surface area contributed by atoms with Gasteiger partial charge in [-0.2, -0.15) is 0 Å². The number of unbranched alkanes of at least 4 members (excludes halogenated alkanes) is 3. The van der Waals surface area contributed by atoms with Crippen molar-refractivity contribution in [3.8, 4) is 0 Å². The van der Waals surface area contributed by atoms with Gasteiger partial charge >= 0.3 is 6.03 Å². The molecule has 4 nitrogen and oxygen atoms in total. The van der Waals surface area contributed by atoms with Gasteiger partial charge < -0.3 is 15.3 Å². The molecule has 0 aromatic heterocycles. The first-order chi connectivity index (χ1) is 8.24. The summed E-state index contributed by atoms with van der Waals surface area (Å²) in [6.07, 6.45) is 6.38. The van der Waals surface area contributed by atoms with E-state index in [1.165, 1.54) is 6.42 Å². The molecule has 2 N–H and O–H groups in total. The second-order valence-corrected chi connectivity index (χ2v) is 5.06. The highest BCUT2D eigenvalue weighted by Gasteiger charge is 2.20. The Morgan fingerprint density at radius 1 is 1.35 bits per heavy atom. The van der Waals surface area contributed by atoms with Crippen molar-refractivity contribution in [1.29, 1.82) is 0 Å². The lowest BCUT2D eigenvalue weighted by atomic mass is 10.0. The molecule has 17 heavy (non-hydrogen) atoms. The summed E-state index contributed by atoms with van der Waals surface area (Å²) in [6, 6.07) is 0.0960. The van der Waals surface area contributed by atoms with Crippen LogP contribution in [0.2, 0.25) is 0 Å². The lowest BCUT2D eigenvalue weighted by Gasteiger charge is -2.30. The van der Waals surface area contributed by atoms with Gasteiger partial charge in [-0.3, -0.25) is 0 Å². The lowest BCUT2D eigenvalue weighted by molar-refractivity contribution is 0.169. The van der Waals surface area contributed by atoms with Gasteiger partial charge in [0.15, 0.2) is 0 Å². The molecule has 1 aliphatic heterocycles. The minimum absolute atomic E-state index is 0.0960. The van der Waals surface area contributed by atoms with Crippen LogP contribution in [0, 0.1) is 5.92 Å². The summed E-state index contributed by atoms with van der Waals surface area (Å²) in [5.74, 6) is 0.638. The Bertz CT molecular complexity index is 221. The molecule has 0 aromatic rings. The van der Waals surface area contributed by atoms with Gasteiger partial charge in [-0.15, -0.1) is 0 Å². The average Bonchev–Trinajstić information content (AvgIpc) is 2.33. The molecule has 1 rings (SSSR count). The van der Waals surface area contributed by atoms with E-state index in [-0.39, 0.29) is 12.6 Å². The summed E-state index contributed by atoms with van der Waals surface area (Å²) in [4.78, 5) is 13.7. The summed E-state index contributed by atoms with van der Waals surface area (Å²) < 4.78 is 0. The van der Waals surface area contributed by atoms with Crippen LogP contribution in [0.15, 0.2) is 0 Å². The number of hydrogen-bond donors (Lipinski definition) is 2. The quantitative estimate of drug-likeness (QED) is 0.700. The Morgan fingerprint density at radius 3 is 2.82 bits per heavy atom. The first-order valence-corrected chi connectivity index (χ1v) is 6.87. The van der Waals surface area contributed by atoms with E-state index in [1.54, 1.807) is 0 Å². The monoisotopic (exact) mass is 242 g/mol. The Morgan fingerprint density at radius 2 is 2.12 bits per heavy atom. The van der Waals surface area contributed by atoms with Gasteiger partial charge in [-0.25, -0.2) is 4.79 Å². The first kappa shape index (κ1) is 14.3. The number of amides is 2. The van der Waals surface area contributed by atoms with Crippen LogP contribution < -0.4 is 5.32 Å². The van der Waals surface area contributed by atoms with Crippen LogP contribution in [0.3, 0.4) is 0 Å². The fourth-order valence-electron chi connectivity index (χ4n) is 2.27. The van der Waals surface area contributed by atoms with Crippen molar-refractivity contribution < 1.29 is 9.90 Å². The predicted octanol–water partition coefficient (Wildman–Crippen LogP) is 1.98.